The molecule has 0 N–H and O–H groups in total. The van der Waals surface area contributed by atoms with Crippen molar-refractivity contribution in [3.05, 3.63) is 75.7 Å². The Morgan fingerprint density at radius 3 is 2.48 bits per heavy atom. The van der Waals surface area contributed by atoms with Gasteiger partial charge in [-0.1, -0.05) is 61.3 Å². The molecule has 0 bridgehead atoms. The minimum Gasteiger partial charge on any atom is -1.00 e. The van der Waals surface area contributed by atoms with E-state index in [9.17, 15) is 4.79 Å². The van der Waals surface area contributed by atoms with E-state index in [4.69, 9.17) is 23.2 Å². The quantitative estimate of drug-likeness (QED) is 0.396. The van der Waals surface area contributed by atoms with Gasteiger partial charge in [0.1, 0.15) is 6.20 Å². The Bertz CT molecular complexity index is 1040. The topological polar surface area (TPSA) is 25.9 Å². The van der Waals surface area contributed by atoms with Gasteiger partial charge in [0.05, 0.1) is 23.0 Å². The van der Waals surface area contributed by atoms with E-state index >= 15 is 0 Å². The Balaban J connectivity index is 0.00000240. The van der Waals surface area contributed by atoms with Crippen molar-refractivity contribution in [2.45, 2.75) is 45.7 Å². The normalized spacial score (nSPS) is 12.7. The van der Waals surface area contributed by atoms with Gasteiger partial charge in [-0.25, -0.2) is 9.13 Å². The Labute approximate surface area is 192 Å². The fraction of sp³-hybridized carbons (Fsp3) is 0.304. The first kappa shape index (κ1) is 22.1. The first-order valence-electron chi connectivity index (χ1n) is 9.64. The van der Waals surface area contributed by atoms with Gasteiger partial charge in [-0.05, 0) is 36.1 Å². The van der Waals surface area contributed by atoms with Crippen LogP contribution in [-0.2, 0) is 19.5 Å². The zero-order chi connectivity index (χ0) is 19.8. The molecule has 1 aromatic heterocycles. The van der Waals surface area contributed by atoms with Crippen LogP contribution in [0.25, 0.3) is 11.3 Å². The zero-order valence-electron chi connectivity index (χ0n) is 16.5. The summed E-state index contributed by atoms with van der Waals surface area (Å²) in [7, 11) is 0. The fourth-order valence-corrected chi connectivity index (χ4v) is 4.13. The molecule has 1 aliphatic heterocycles. The number of imidazole rings is 1. The second kappa shape index (κ2) is 9.03. The molecule has 2 heterocycles. The maximum Gasteiger partial charge on any atom is 0.257 e. The molecule has 4 rings (SSSR count). The highest BCUT2D eigenvalue weighted by molar-refractivity contribution is 6.42. The Morgan fingerprint density at radius 1 is 1.10 bits per heavy atom. The SMILES string of the molecule is CC(C)c1ccc(C(=O)C[n+]2cc(-c3ccc(Cl)c(Cl)c3)n3c2CCC3)cc1.[Br-]. The molecule has 0 radical (unpaired) electrons. The van der Waals surface area contributed by atoms with Gasteiger partial charge in [0.15, 0.2) is 12.2 Å². The summed E-state index contributed by atoms with van der Waals surface area (Å²) in [4.78, 5) is 12.9. The van der Waals surface area contributed by atoms with Gasteiger partial charge >= 0.3 is 0 Å². The van der Waals surface area contributed by atoms with Gasteiger partial charge < -0.3 is 17.0 Å². The van der Waals surface area contributed by atoms with Gasteiger partial charge in [0, 0.05) is 11.1 Å². The van der Waals surface area contributed by atoms with Gasteiger partial charge in [-0.15, -0.1) is 0 Å². The van der Waals surface area contributed by atoms with Crippen LogP contribution in [0.1, 0.15) is 47.9 Å². The van der Waals surface area contributed by atoms with Crippen LogP contribution in [0.2, 0.25) is 10.0 Å². The predicted molar refractivity (Wildman–Crippen MR) is 113 cm³/mol. The molecule has 0 saturated carbocycles. The summed E-state index contributed by atoms with van der Waals surface area (Å²) in [5, 5.41) is 1.09. The molecular weight excluding hydrogens is 471 g/mol. The smallest absolute Gasteiger partial charge is 0.257 e. The van der Waals surface area contributed by atoms with E-state index < -0.39 is 0 Å². The predicted octanol–water partition coefficient (Wildman–Crippen LogP) is 2.71. The lowest BCUT2D eigenvalue weighted by atomic mass is 10.0. The van der Waals surface area contributed by atoms with Gasteiger partial charge in [-0.2, -0.15) is 0 Å². The maximum atomic E-state index is 12.9. The second-order valence-electron chi connectivity index (χ2n) is 7.64. The fourth-order valence-electron chi connectivity index (χ4n) is 3.83. The number of carbonyl (C=O) groups is 1. The number of fused-ring (bicyclic) bond motifs is 1. The third-order valence-electron chi connectivity index (χ3n) is 5.42. The number of hydrogen-bond donors (Lipinski definition) is 0. The number of hydrogen-bond acceptors (Lipinski definition) is 1. The Morgan fingerprint density at radius 2 is 1.83 bits per heavy atom. The van der Waals surface area contributed by atoms with Crippen molar-refractivity contribution in [2.24, 2.45) is 0 Å². The molecule has 3 aromatic rings. The molecule has 1 aliphatic rings. The summed E-state index contributed by atoms with van der Waals surface area (Å²) < 4.78 is 4.37. The van der Waals surface area contributed by atoms with Crippen LogP contribution in [0.5, 0.6) is 0 Å². The van der Waals surface area contributed by atoms with Crippen LogP contribution >= 0.6 is 23.2 Å². The number of Topliss-reactive ketones (excluding diaryl/α,β-unsaturated/α-hetero) is 1. The standard InChI is InChI=1S/C23H23Cl2N2O.BrH/c1-15(2)16-5-7-17(8-6-16)22(28)14-26-13-21(27-11-3-4-23(26)27)18-9-10-19(24)20(25)12-18;/h5-10,12-13,15H,3-4,11,14H2,1-2H3;1H/q+1;/p-1. The van der Waals surface area contributed by atoms with Crippen LogP contribution in [-0.4, -0.2) is 10.4 Å². The molecule has 0 unspecified atom stereocenters. The molecule has 2 aromatic carbocycles. The Kier molecular flexibility index (Phi) is 6.87. The zero-order valence-corrected chi connectivity index (χ0v) is 19.6. The monoisotopic (exact) mass is 492 g/mol. The first-order valence-corrected chi connectivity index (χ1v) is 10.4. The molecule has 0 spiro atoms. The maximum absolute atomic E-state index is 12.9. The number of halogens is 3. The van der Waals surface area contributed by atoms with Crippen LogP contribution in [0, 0.1) is 0 Å². The number of rotatable bonds is 5. The molecule has 29 heavy (non-hydrogen) atoms. The lowest BCUT2D eigenvalue weighted by Gasteiger charge is -2.06. The van der Waals surface area contributed by atoms with E-state index in [0.717, 1.165) is 36.2 Å². The van der Waals surface area contributed by atoms with Crippen molar-refractivity contribution < 1.29 is 26.3 Å². The van der Waals surface area contributed by atoms with Gasteiger partial charge in [0.2, 0.25) is 5.78 Å². The van der Waals surface area contributed by atoms with Crippen molar-refractivity contribution in [3.8, 4) is 11.3 Å². The summed E-state index contributed by atoms with van der Waals surface area (Å²) >= 11 is 12.3. The first-order chi connectivity index (χ1) is 13.4. The third-order valence-corrected chi connectivity index (χ3v) is 6.16. The van der Waals surface area contributed by atoms with E-state index in [1.54, 1.807) is 0 Å². The number of benzene rings is 2. The minimum atomic E-state index is 0. The number of carbonyl (C=O) groups excluding carboxylic acids is 1. The molecular formula is C23H23BrCl2N2O. The van der Waals surface area contributed by atoms with Crippen molar-refractivity contribution in [1.82, 2.24) is 4.57 Å². The highest BCUT2D eigenvalue weighted by Gasteiger charge is 2.30. The summed E-state index contributed by atoms with van der Waals surface area (Å²) in [5.74, 6) is 1.77. The highest BCUT2D eigenvalue weighted by atomic mass is 79.9. The van der Waals surface area contributed by atoms with Crippen LogP contribution in [0.15, 0.2) is 48.7 Å². The average Bonchev–Trinajstić information content (AvgIpc) is 3.28. The van der Waals surface area contributed by atoms with Crippen molar-refractivity contribution in [2.75, 3.05) is 0 Å². The molecule has 0 aliphatic carbocycles. The summed E-state index contributed by atoms with van der Waals surface area (Å²) in [6.07, 6.45) is 4.12. The third kappa shape index (κ3) is 4.45. The summed E-state index contributed by atoms with van der Waals surface area (Å²) in [5.41, 5.74) is 4.10. The van der Waals surface area contributed by atoms with Gasteiger partial charge in [0.25, 0.3) is 5.82 Å². The number of nitrogens with zero attached hydrogens (tertiary/aromatic N) is 2. The molecule has 0 amide bonds. The van der Waals surface area contributed by atoms with Crippen LogP contribution < -0.4 is 21.5 Å². The molecule has 3 nitrogen and oxygen atoms in total. The molecule has 152 valence electrons. The van der Waals surface area contributed by atoms with E-state index in [2.05, 4.69) is 29.2 Å². The molecule has 0 atom stereocenters. The van der Waals surface area contributed by atoms with Crippen molar-refractivity contribution >= 4 is 29.0 Å². The van der Waals surface area contributed by atoms with Crippen molar-refractivity contribution in [1.29, 1.82) is 0 Å². The lowest BCUT2D eigenvalue weighted by molar-refractivity contribution is -0.689. The summed E-state index contributed by atoms with van der Waals surface area (Å²) in [6.45, 7) is 5.61. The van der Waals surface area contributed by atoms with Gasteiger partial charge in [-0.3, -0.25) is 4.79 Å². The minimum absolute atomic E-state index is 0. The Hall–Kier alpha value is -1.62. The van der Waals surface area contributed by atoms with E-state index in [1.165, 1.54) is 11.4 Å². The van der Waals surface area contributed by atoms with E-state index in [0.29, 0.717) is 22.5 Å². The molecule has 6 heteroatoms. The molecule has 0 fully saturated rings. The van der Waals surface area contributed by atoms with Crippen LogP contribution in [0.4, 0.5) is 0 Å². The van der Waals surface area contributed by atoms with E-state index in [1.807, 2.05) is 42.5 Å². The second-order valence-corrected chi connectivity index (χ2v) is 8.46. The largest absolute Gasteiger partial charge is 1.00 e. The average molecular weight is 494 g/mol. The van der Waals surface area contributed by atoms with Crippen molar-refractivity contribution in [3.63, 3.8) is 0 Å². The number of ketones is 1. The lowest BCUT2D eigenvalue weighted by Crippen LogP contribution is -3.00. The summed E-state index contributed by atoms with van der Waals surface area (Å²) in [6, 6.07) is 13.7. The van der Waals surface area contributed by atoms with Crippen LogP contribution in [0.3, 0.4) is 0 Å². The van der Waals surface area contributed by atoms with E-state index in [-0.39, 0.29) is 22.8 Å². The number of aromatic nitrogens is 2. The molecule has 0 saturated heterocycles. The highest BCUT2D eigenvalue weighted by Crippen LogP contribution is 2.30.